The fourth-order valence-electron chi connectivity index (χ4n) is 1.74. The molecule has 0 aliphatic heterocycles. The molecule has 0 bridgehead atoms. The van der Waals surface area contributed by atoms with Gasteiger partial charge in [-0.15, -0.1) is 11.8 Å². The van der Waals surface area contributed by atoms with E-state index in [1.807, 2.05) is 24.4 Å². The van der Waals surface area contributed by atoms with Gasteiger partial charge in [-0.05, 0) is 36.3 Å². The van der Waals surface area contributed by atoms with E-state index in [-0.39, 0.29) is 32.7 Å². The molecule has 0 saturated carbocycles. The molecule has 0 aliphatic carbocycles. The third-order valence-corrected chi connectivity index (χ3v) is 3.80. The van der Waals surface area contributed by atoms with Crippen LogP contribution in [0.1, 0.15) is 5.56 Å². The van der Waals surface area contributed by atoms with Gasteiger partial charge in [0.2, 0.25) is 0 Å². The summed E-state index contributed by atoms with van der Waals surface area (Å²) in [6, 6.07) is 10.1. The molecule has 0 amide bonds. The van der Waals surface area contributed by atoms with Crippen molar-refractivity contribution in [2.75, 3.05) is 7.11 Å². The number of hydrogen-bond acceptors (Lipinski definition) is 4. The molecule has 2 heterocycles. The topological polar surface area (TPSA) is 49.1 Å². The molecule has 0 N–H and O–H groups in total. The number of fused-ring (bicyclic) bond motifs is 1. The normalized spacial score (nSPS) is 10.2. The maximum Gasteiger partial charge on any atom is 0.118 e. The van der Waals surface area contributed by atoms with Crippen LogP contribution in [0.25, 0.3) is 11.2 Å². The second-order valence-corrected chi connectivity index (χ2v) is 5.07. The third kappa shape index (κ3) is 3.60. The molecule has 2 aromatic heterocycles. The molecule has 1 aromatic carbocycles. The molecule has 0 unspecified atom stereocenters. The van der Waals surface area contributed by atoms with Crippen molar-refractivity contribution in [3.63, 3.8) is 0 Å². The first-order valence-electron chi connectivity index (χ1n) is 5.84. The van der Waals surface area contributed by atoms with Gasteiger partial charge in [0.15, 0.2) is 0 Å². The first kappa shape index (κ1) is 15.5. The molecule has 99 valence electrons. The molecule has 0 spiro atoms. The van der Waals surface area contributed by atoms with E-state index in [0.29, 0.717) is 5.65 Å². The van der Waals surface area contributed by atoms with Gasteiger partial charge in [-0.1, -0.05) is 12.1 Å². The maximum absolute atomic E-state index is 5.14. The largest absolute Gasteiger partial charge is 0.497 e. The molecule has 0 fully saturated rings. The monoisotopic (exact) mass is 359 g/mol. The standard InChI is InChI=1S/C14H12N3OS.Y/c1-18-11-4-2-10(3-5-11)8-19-12-6-13-14(15-7-12)17-9-16-13;/h2-7,9H,8H2,1H3;/q-1;. The molecule has 20 heavy (non-hydrogen) atoms. The summed E-state index contributed by atoms with van der Waals surface area (Å²) in [5.74, 6) is 1.77. The fraction of sp³-hybridized carbons (Fsp3) is 0.143. The average Bonchev–Trinajstić information content (AvgIpc) is 2.93. The smallest absolute Gasteiger partial charge is 0.118 e. The molecule has 1 radical (unpaired) electrons. The number of hydrogen-bond donors (Lipinski definition) is 0. The molecule has 4 nitrogen and oxygen atoms in total. The maximum atomic E-state index is 5.14. The molecular formula is C14H12N3OSY-. The van der Waals surface area contributed by atoms with Gasteiger partial charge in [-0.25, -0.2) is 0 Å². The predicted molar refractivity (Wildman–Crippen MR) is 75.4 cm³/mol. The SMILES string of the molecule is COc1ccc(CSc2cnc3[n-]cnc3c2)cc1.[Y]. The number of ether oxygens (including phenoxy) is 1. The molecule has 3 aromatic rings. The summed E-state index contributed by atoms with van der Waals surface area (Å²) in [6.45, 7) is 0. The van der Waals surface area contributed by atoms with Crippen molar-refractivity contribution >= 4 is 22.9 Å². The average molecular weight is 359 g/mol. The van der Waals surface area contributed by atoms with E-state index in [9.17, 15) is 0 Å². The van der Waals surface area contributed by atoms with Crippen LogP contribution in [0, 0.1) is 0 Å². The van der Waals surface area contributed by atoms with E-state index in [1.165, 1.54) is 11.9 Å². The van der Waals surface area contributed by atoms with Gasteiger partial charge in [0.25, 0.3) is 0 Å². The van der Waals surface area contributed by atoms with Gasteiger partial charge in [0.1, 0.15) is 5.75 Å². The molecule has 0 atom stereocenters. The van der Waals surface area contributed by atoms with Crippen molar-refractivity contribution in [3.8, 4) is 5.75 Å². The Bertz CT molecular complexity index is 684. The number of thioether (sulfide) groups is 1. The van der Waals surface area contributed by atoms with Crippen LogP contribution in [0.2, 0.25) is 0 Å². The van der Waals surface area contributed by atoms with Gasteiger partial charge in [0, 0.05) is 54.5 Å². The Morgan fingerprint density at radius 2 is 2.00 bits per heavy atom. The Labute approximate surface area is 146 Å². The number of benzene rings is 1. The summed E-state index contributed by atoms with van der Waals surface area (Å²) in [6.07, 6.45) is 3.38. The Morgan fingerprint density at radius 1 is 1.20 bits per heavy atom. The number of nitrogens with zero attached hydrogens (tertiary/aromatic N) is 3. The first-order chi connectivity index (χ1) is 9.35. The van der Waals surface area contributed by atoms with E-state index in [4.69, 9.17) is 4.74 Å². The molecule has 0 aliphatic rings. The minimum atomic E-state index is 0. The van der Waals surface area contributed by atoms with E-state index < -0.39 is 0 Å². The van der Waals surface area contributed by atoms with Crippen LogP contribution in [0.4, 0.5) is 0 Å². The molecule has 0 saturated heterocycles. The van der Waals surface area contributed by atoms with Gasteiger partial charge in [-0.2, -0.15) is 0 Å². The molecular weight excluding hydrogens is 347 g/mol. The molecule has 3 rings (SSSR count). The van der Waals surface area contributed by atoms with Crippen molar-refractivity contribution in [2.24, 2.45) is 0 Å². The van der Waals surface area contributed by atoms with Crippen molar-refractivity contribution in [1.82, 2.24) is 15.0 Å². The van der Waals surface area contributed by atoms with Crippen LogP contribution in [0.5, 0.6) is 5.75 Å². The summed E-state index contributed by atoms with van der Waals surface area (Å²) in [5, 5.41) is 0. The van der Waals surface area contributed by atoms with Crippen LogP contribution in [0.3, 0.4) is 0 Å². The Morgan fingerprint density at radius 3 is 2.75 bits per heavy atom. The zero-order valence-corrected chi connectivity index (χ0v) is 14.6. The van der Waals surface area contributed by atoms with Crippen LogP contribution >= 0.6 is 11.8 Å². The minimum Gasteiger partial charge on any atom is -0.497 e. The Hall–Kier alpha value is -0.906. The zero-order valence-electron chi connectivity index (χ0n) is 11.0. The van der Waals surface area contributed by atoms with E-state index in [2.05, 4.69) is 27.1 Å². The van der Waals surface area contributed by atoms with Crippen molar-refractivity contribution in [3.05, 3.63) is 48.4 Å². The van der Waals surface area contributed by atoms with Crippen LogP contribution in [-0.2, 0) is 38.5 Å². The summed E-state index contributed by atoms with van der Waals surface area (Å²) in [5.41, 5.74) is 2.80. The summed E-state index contributed by atoms with van der Waals surface area (Å²) >= 11 is 1.73. The number of methoxy groups -OCH3 is 1. The van der Waals surface area contributed by atoms with Crippen molar-refractivity contribution in [1.29, 1.82) is 0 Å². The minimum absolute atomic E-state index is 0. The van der Waals surface area contributed by atoms with Crippen molar-refractivity contribution < 1.29 is 37.4 Å². The molecule has 6 heteroatoms. The number of imidazole rings is 1. The van der Waals surface area contributed by atoms with E-state index >= 15 is 0 Å². The van der Waals surface area contributed by atoms with Crippen LogP contribution in [-0.4, -0.2) is 17.1 Å². The summed E-state index contributed by atoms with van der Waals surface area (Å²) in [4.78, 5) is 13.6. The zero-order chi connectivity index (χ0) is 13.1. The van der Waals surface area contributed by atoms with Crippen LogP contribution < -0.4 is 9.72 Å². The first-order valence-corrected chi connectivity index (χ1v) is 6.83. The predicted octanol–water partition coefficient (Wildman–Crippen LogP) is 2.89. The van der Waals surface area contributed by atoms with Crippen molar-refractivity contribution in [2.45, 2.75) is 10.6 Å². The van der Waals surface area contributed by atoms with Gasteiger partial charge in [0.05, 0.1) is 7.11 Å². The third-order valence-electron chi connectivity index (χ3n) is 2.76. The van der Waals surface area contributed by atoms with Gasteiger partial charge < -0.3 is 19.7 Å². The Kier molecular flexibility index (Phi) is 5.58. The fourth-order valence-corrected chi connectivity index (χ4v) is 2.58. The quantitative estimate of drug-likeness (QED) is 0.671. The second-order valence-electron chi connectivity index (χ2n) is 4.02. The van der Waals surface area contributed by atoms with Crippen LogP contribution in [0.15, 0.2) is 47.8 Å². The summed E-state index contributed by atoms with van der Waals surface area (Å²) in [7, 11) is 1.67. The second kappa shape index (κ2) is 7.20. The number of rotatable bonds is 4. The number of aromatic nitrogens is 3. The van der Waals surface area contributed by atoms with Gasteiger partial charge >= 0.3 is 0 Å². The Balaban J connectivity index is 0.00000147. The van der Waals surface area contributed by atoms with Gasteiger partial charge in [-0.3, -0.25) is 0 Å². The number of pyridine rings is 1. The van der Waals surface area contributed by atoms with E-state index in [1.54, 1.807) is 18.9 Å². The summed E-state index contributed by atoms with van der Waals surface area (Å²) < 4.78 is 5.14. The van der Waals surface area contributed by atoms with E-state index in [0.717, 1.165) is 21.9 Å².